The summed E-state index contributed by atoms with van der Waals surface area (Å²) >= 11 is 6.79. The number of methoxy groups -OCH3 is 1. The van der Waals surface area contributed by atoms with Crippen LogP contribution in [0.1, 0.15) is 20.8 Å². The van der Waals surface area contributed by atoms with Gasteiger partial charge in [0.1, 0.15) is 5.60 Å². The predicted molar refractivity (Wildman–Crippen MR) is 68.0 cm³/mol. The Kier molecular flexibility index (Phi) is 5.15. The van der Waals surface area contributed by atoms with Gasteiger partial charge in [0.05, 0.1) is 12.9 Å². The number of esters is 1. The highest BCUT2D eigenvalue weighted by molar-refractivity contribution is 7.99. The molecule has 0 aliphatic rings. The number of carbonyl (C=O) groups is 1. The molecule has 0 atom stereocenters. The van der Waals surface area contributed by atoms with Crippen molar-refractivity contribution in [2.75, 3.05) is 12.9 Å². The molecule has 0 aliphatic heterocycles. The molecule has 100 valence electrons. The van der Waals surface area contributed by atoms with Crippen molar-refractivity contribution in [3.05, 3.63) is 5.28 Å². The van der Waals surface area contributed by atoms with Gasteiger partial charge in [0.15, 0.2) is 5.16 Å². The first-order valence-electron chi connectivity index (χ1n) is 5.10. The standard InChI is InChI=1S/C10H14ClN3O3S/c1-10(2,3)17-6(15)5-18-9-13-7(11)12-8(14-9)16-4/h5H2,1-4H3. The van der Waals surface area contributed by atoms with Gasteiger partial charge in [-0.05, 0) is 32.4 Å². The van der Waals surface area contributed by atoms with E-state index in [0.29, 0.717) is 5.16 Å². The van der Waals surface area contributed by atoms with Gasteiger partial charge in [-0.15, -0.1) is 0 Å². The summed E-state index contributed by atoms with van der Waals surface area (Å²) in [6.07, 6.45) is 0. The van der Waals surface area contributed by atoms with Gasteiger partial charge in [-0.25, -0.2) is 0 Å². The molecule has 0 aromatic carbocycles. The van der Waals surface area contributed by atoms with Crippen molar-refractivity contribution >= 4 is 29.3 Å². The maximum Gasteiger partial charge on any atom is 0.321 e. The lowest BCUT2D eigenvalue weighted by molar-refractivity contribution is -0.151. The van der Waals surface area contributed by atoms with Crippen molar-refractivity contribution in [2.24, 2.45) is 0 Å². The number of carbonyl (C=O) groups excluding carboxylic acids is 1. The van der Waals surface area contributed by atoms with Crippen molar-refractivity contribution < 1.29 is 14.3 Å². The molecule has 6 nitrogen and oxygen atoms in total. The van der Waals surface area contributed by atoms with Crippen molar-refractivity contribution in [1.29, 1.82) is 0 Å². The molecular formula is C10H14ClN3O3S. The summed E-state index contributed by atoms with van der Waals surface area (Å²) < 4.78 is 10.00. The Bertz CT molecular complexity index is 437. The minimum absolute atomic E-state index is 0.0218. The van der Waals surface area contributed by atoms with E-state index < -0.39 is 5.60 Å². The van der Waals surface area contributed by atoms with E-state index in [1.165, 1.54) is 7.11 Å². The van der Waals surface area contributed by atoms with E-state index in [2.05, 4.69) is 15.0 Å². The van der Waals surface area contributed by atoms with Crippen LogP contribution in [0.15, 0.2) is 5.16 Å². The van der Waals surface area contributed by atoms with Gasteiger partial charge in [0.2, 0.25) is 5.28 Å². The summed E-state index contributed by atoms with van der Waals surface area (Å²) in [6.45, 7) is 5.41. The van der Waals surface area contributed by atoms with E-state index in [1.54, 1.807) is 20.8 Å². The minimum atomic E-state index is -0.508. The van der Waals surface area contributed by atoms with Gasteiger partial charge in [-0.3, -0.25) is 4.79 Å². The topological polar surface area (TPSA) is 74.2 Å². The number of ether oxygens (including phenoxy) is 2. The Labute approximate surface area is 114 Å². The molecule has 0 saturated carbocycles. The Hall–Kier alpha value is -1.08. The minimum Gasteiger partial charge on any atom is -0.467 e. The Morgan fingerprint density at radius 1 is 1.33 bits per heavy atom. The van der Waals surface area contributed by atoms with Gasteiger partial charge in [-0.2, -0.15) is 15.0 Å². The average molecular weight is 292 g/mol. The molecule has 1 aromatic heterocycles. The molecule has 1 rings (SSSR count). The average Bonchev–Trinajstić information content (AvgIpc) is 2.23. The second-order valence-corrected chi connectivity index (χ2v) is 5.53. The fraction of sp³-hybridized carbons (Fsp3) is 0.600. The van der Waals surface area contributed by atoms with Crippen LogP contribution in [0.3, 0.4) is 0 Å². The lowest BCUT2D eigenvalue weighted by Crippen LogP contribution is -2.25. The molecule has 0 N–H and O–H groups in total. The van der Waals surface area contributed by atoms with E-state index >= 15 is 0 Å². The zero-order valence-corrected chi connectivity index (χ0v) is 12.1. The van der Waals surface area contributed by atoms with Crippen LogP contribution in [0.5, 0.6) is 6.01 Å². The zero-order valence-electron chi connectivity index (χ0n) is 10.6. The van der Waals surface area contributed by atoms with Crippen LogP contribution < -0.4 is 4.74 Å². The first-order valence-corrected chi connectivity index (χ1v) is 6.47. The molecule has 18 heavy (non-hydrogen) atoms. The van der Waals surface area contributed by atoms with Gasteiger partial charge in [0, 0.05) is 0 Å². The zero-order chi connectivity index (χ0) is 13.8. The van der Waals surface area contributed by atoms with Gasteiger partial charge in [-0.1, -0.05) is 11.8 Å². The molecule has 8 heteroatoms. The third kappa shape index (κ3) is 5.50. The lowest BCUT2D eigenvalue weighted by atomic mass is 10.2. The summed E-state index contributed by atoms with van der Waals surface area (Å²) in [7, 11) is 1.42. The Morgan fingerprint density at radius 2 is 2.00 bits per heavy atom. The second-order valence-electron chi connectivity index (χ2n) is 4.25. The molecule has 1 heterocycles. The smallest absolute Gasteiger partial charge is 0.321 e. The number of halogens is 1. The Balaban J connectivity index is 2.58. The summed E-state index contributed by atoms with van der Waals surface area (Å²) in [6, 6.07) is 0.113. The molecular weight excluding hydrogens is 278 g/mol. The third-order valence-electron chi connectivity index (χ3n) is 1.49. The quantitative estimate of drug-likeness (QED) is 0.620. The second kappa shape index (κ2) is 6.19. The van der Waals surface area contributed by atoms with Crippen LogP contribution in [0.25, 0.3) is 0 Å². The molecule has 1 aromatic rings. The van der Waals surface area contributed by atoms with Gasteiger partial charge in [0.25, 0.3) is 0 Å². The number of rotatable bonds is 4. The molecule has 0 fully saturated rings. The van der Waals surface area contributed by atoms with Gasteiger partial charge >= 0.3 is 12.0 Å². The highest BCUT2D eigenvalue weighted by Gasteiger charge is 2.17. The highest BCUT2D eigenvalue weighted by atomic mass is 35.5. The maximum atomic E-state index is 11.5. The van der Waals surface area contributed by atoms with Crippen LogP contribution in [0.2, 0.25) is 5.28 Å². The van der Waals surface area contributed by atoms with E-state index in [1.807, 2.05) is 0 Å². The maximum absolute atomic E-state index is 11.5. The summed E-state index contributed by atoms with van der Waals surface area (Å²) in [5.74, 6) is -0.246. The fourth-order valence-electron chi connectivity index (χ4n) is 0.965. The molecule has 0 aliphatic carbocycles. The lowest BCUT2D eigenvalue weighted by Gasteiger charge is -2.19. The number of thioether (sulfide) groups is 1. The van der Waals surface area contributed by atoms with Crippen LogP contribution in [0.4, 0.5) is 0 Å². The molecule has 0 spiro atoms. The largest absolute Gasteiger partial charge is 0.467 e. The molecule has 0 bridgehead atoms. The predicted octanol–water partition coefficient (Wildman–Crippen LogP) is 1.97. The fourth-order valence-corrected chi connectivity index (χ4v) is 1.77. The van der Waals surface area contributed by atoms with E-state index in [4.69, 9.17) is 21.1 Å². The van der Waals surface area contributed by atoms with Crippen LogP contribution in [-0.4, -0.2) is 39.4 Å². The summed E-state index contributed by atoms with van der Waals surface area (Å²) in [4.78, 5) is 23.0. The first-order chi connectivity index (χ1) is 8.30. The van der Waals surface area contributed by atoms with E-state index in [-0.39, 0.29) is 23.0 Å². The number of nitrogens with zero attached hydrogens (tertiary/aromatic N) is 3. The SMILES string of the molecule is COc1nc(Cl)nc(SCC(=O)OC(C)(C)C)n1. The molecule has 0 saturated heterocycles. The molecule has 0 unspecified atom stereocenters. The summed E-state index contributed by atoms with van der Waals surface area (Å²) in [5, 5.41) is 0.339. The van der Waals surface area contributed by atoms with E-state index in [9.17, 15) is 4.79 Å². The Morgan fingerprint density at radius 3 is 2.56 bits per heavy atom. The molecule has 0 amide bonds. The number of hydrogen-bond donors (Lipinski definition) is 0. The van der Waals surface area contributed by atoms with E-state index in [0.717, 1.165) is 11.8 Å². The van der Waals surface area contributed by atoms with Crippen LogP contribution >= 0.6 is 23.4 Å². The van der Waals surface area contributed by atoms with Crippen LogP contribution in [-0.2, 0) is 9.53 Å². The monoisotopic (exact) mass is 291 g/mol. The number of hydrogen-bond acceptors (Lipinski definition) is 7. The van der Waals surface area contributed by atoms with Crippen molar-refractivity contribution in [2.45, 2.75) is 31.5 Å². The third-order valence-corrected chi connectivity index (χ3v) is 2.48. The summed E-state index contributed by atoms with van der Waals surface area (Å²) in [5.41, 5.74) is -0.508. The van der Waals surface area contributed by atoms with Crippen molar-refractivity contribution in [3.8, 4) is 6.01 Å². The van der Waals surface area contributed by atoms with Crippen molar-refractivity contribution in [3.63, 3.8) is 0 Å². The molecule has 0 radical (unpaired) electrons. The van der Waals surface area contributed by atoms with Crippen molar-refractivity contribution in [1.82, 2.24) is 15.0 Å². The normalized spacial score (nSPS) is 11.2. The van der Waals surface area contributed by atoms with Crippen LogP contribution in [0, 0.1) is 0 Å². The number of aromatic nitrogens is 3. The van der Waals surface area contributed by atoms with Gasteiger partial charge < -0.3 is 9.47 Å². The highest BCUT2D eigenvalue weighted by Crippen LogP contribution is 2.18. The first kappa shape index (κ1) is 15.0.